The molecule has 1 unspecified atom stereocenters. The van der Waals surface area contributed by atoms with Gasteiger partial charge in [-0.3, -0.25) is 9.48 Å². The number of hydrogen-bond acceptors (Lipinski definition) is 3. The van der Waals surface area contributed by atoms with E-state index in [2.05, 4.69) is 5.10 Å². The molecule has 0 spiro atoms. The second kappa shape index (κ2) is 5.96. The highest BCUT2D eigenvalue weighted by Crippen LogP contribution is 2.28. The summed E-state index contributed by atoms with van der Waals surface area (Å²) in [6, 6.07) is 7.07. The van der Waals surface area contributed by atoms with Gasteiger partial charge in [-0.2, -0.15) is 5.10 Å². The van der Waals surface area contributed by atoms with E-state index in [4.69, 9.17) is 16.7 Å². The lowest BCUT2D eigenvalue weighted by Gasteiger charge is -2.29. The van der Waals surface area contributed by atoms with Crippen LogP contribution in [0.2, 0.25) is 5.02 Å². The zero-order chi connectivity index (χ0) is 14.7. The molecule has 0 aliphatic heterocycles. The number of carboxylic acids is 1. The predicted octanol–water partition coefficient (Wildman–Crippen LogP) is 2.73. The summed E-state index contributed by atoms with van der Waals surface area (Å²) >= 11 is 5.99. The molecule has 2 aromatic rings. The van der Waals surface area contributed by atoms with E-state index in [-0.39, 0.29) is 12.6 Å². The molecule has 1 N–H and O–H groups in total. The second-order valence-electron chi connectivity index (χ2n) is 4.62. The van der Waals surface area contributed by atoms with Gasteiger partial charge in [0, 0.05) is 29.5 Å². The lowest BCUT2D eigenvalue weighted by molar-refractivity contribution is -0.135. The van der Waals surface area contributed by atoms with E-state index in [0.717, 1.165) is 11.3 Å². The molecule has 6 heteroatoms. The van der Waals surface area contributed by atoms with Crippen LogP contribution in [0.5, 0.6) is 0 Å². The third kappa shape index (κ3) is 3.30. The molecule has 2 rings (SSSR count). The standard InChI is InChI=1S/C14H16ClN3O2/c1-10(11-7-16-17(2)8-11)18(9-14(19)20)13-5-3-4-12(15)6-13/h3-8,10H,9H2,1-2H3,(H,19,20). The number of nitrogens with zero attached hydrogens (tertiary/aromatic N) is 3. The predicted molar refractivity (Wildman–Crippen MR) is 78.1 cm³/mol. The first kappa shape index (κ1) is 14.4. The van der Waals surface area contributed by atoms with E-state index < -0.39 is 5.97 Å². The molecule has 106 valence electrons. The van der Waals surface area contributed by atoms with Crippen LogP contribution in [-0.2, 0) is 11.8 Å². The highest BCUT2D eigenvalue weighted by molar-refractivity contribution is 6.30. The van der Waals surface area contributed by atoms with Gasteiger partial charge in [0.1, 0.15) is 6.54 Å². The molecule has 0 saturated carbocycles. The minimum atomic E-state index is -0.888. The topological polar surface area (TPSA) is 58.4 Å². The summed E-state index contributed by atoms with van der Waals surface area (Å²) in [7, 11) is 1.83. The van der Waals surface area contributed by atoms with Gasteiger partial charge in [0.2, 0.25) is 0 Å². The maximum absolute atomic E-state index is 11.1. The van der Waals surface area contributed by atoms with Gasteiger partial charge in [0.25, 0.3) is 0 Å². The van der Waals surface area contributed by atoms with Crippen molar-refractivity contribution in [2.24, 2.45) is 7.05 Å². The van der Waals surface area contributed by atoms with Crippen molar-refractivity contribution in [1.29, 1.82) is 0 Å². The zero-order valence-corrected chi connectivity index (χ0v) is 12.1. The summed E-state index contributed by atoms with van der Waals surface area (Å²) in [6.07, 6.45) is 3.62. The maximum Gasteiger partial charge on any atom is 0.323 e. The van der Waals surface area contributed by atoms with Crippen LogP contribution in [-0.4, -0.2) is 27.4 Å². The molecule has 0 bridgehead atoms. The smallest absolute Gasteiger partial charge is 0.323 e. The fourth-order valence-corrected chi connectivity index (χ4v) is 2.27. The fraction of sp³-hybridized carbons (Fsp3) is 0.286. The van der Waals surface area contributed by atoms with Crippen molar-refractivity contribution in [3.8, 4) is 0 Å². The molecule has 1 aromatic carbocycles. The number of rotatable bonds is 5. The Morgan fingerprint density at radius 2 is 2.30 bits per heavy atom. The Bertz CT molecular complexity index is 612. The Labute approximate surface area is 122 Å². The van der Waals surface area contributed by atoms with Crippen molar-refractivity contribution in [2.45, 2.75) is 13.0 Å². The summed E-state index contributed by atoms with van der Waals surface area (Å²) in [5, 5.41) is 13.8. The first-order chi connectivity index (χ1) is 9.47. The summed E-state index contributed by atoms with van der Waals surface area (Å²) in [6.45, 7) is 1.84. The average Bonchev–Trinajstić information content (AvgIpc) is 2.81. The van der Waals surface area contributed by atoms with Crippen molar-refractivity contribution in [2.75, 3.05) is 11.4 Å². The normalized spacial score (nSPS) is 12.2. The molecule has 0 saturated heterocycles. The Balaban J connectivity index is 2.34. The number of hydrogen-bond donors (Lipinski definition) is 1. The number of halogens is 1. The first-order valence-corrected chi connectivity index (χ1v) is 6.57. The number of aliphatic carboxylic acids is 1. The summed E-state index contributed by atoms with van der Waals surface area (Å²) in [4.78, 5) is 12.9. The molecule has 5 nitrogen and oxygen atoms in total. The van der Waals surface area contributed by atoms with Crippen LogP contribution in [0.4, 0.5) is 5.69 Å². The molecule has 0 aliphatic rings. The minimum absolute atomic E-state index is 0.101. The maximum atomic E-state index is 11.1. The number of benzene rings is 1. The van der Waals surface area contributed by atoms with Crippen molar-refractivity contribution < 1.29 is 9.90 Å². The van der Waals surface area contributed by atoms with Crippen LogP contribution in [0.25, 0.3) is 0 Å². The van der Waals surface area contributed by atoms with Crippen LogP contribution in [0, 0.1) is 0 Å². The molecular formula is C14H16ClN3O2. The molecule has 0 fully saturated rings. The summed E-state index contributed by atoms with van der Waals surface area (Å²) in [5.74, 6) is -0.888. The SMILES string of the molecule is CC(c1cnn(C)c1)N(CC(=O)O)c1cccc(Cl)c1. The van der Waals surface area contributed by atoms with Crippen molar-refractivity contribution >= 4 is 23.3 Å². The van der Waals surface area contributed by atoms with Gasteiger partial charge < -0.3 is 10.0 Å². The number of anilines is 1. The first-order valence-electron chi connectivity index (χ1n) is 6.20. The Kier molecular flexibility index (Phi) is 4.29. The Morgan fingerprint density at radius 1 is 1.55 bits per heavy atom. The van der Waals surface area contributed by atoms with Gasteiger partial charge in [0.15, 0.2) is 0 Å². The van der Waals surface area contributed by atoms with Crippen molar-refractivity contribution in [1.82, 2.24) is 9.78 Å². The van der Waals surface area contributed by atoms with Gasteiger partial charge in [0.05, 0.1) is 12.2 Å². The van der Waals surface area contributed by atoms with E-state index in [1.807, 2.05) is 32.3 Å². The minimum Gasteiger partial charge on any atom is -0.480 e. The Morgan fingerprint density at radius 3 is 2.85 bits per heavy atom. The highest BCUT2D eigenvalue weighted by atomic mass is 35.5. The summed E-state index contributed by atoms with van der Waals surface area (Å²) in [5.41, 5.74) is 1.73. The van der Waals surface area contributed by atoms with Gasteiger partial charge in [-0.15, -0.1) is 0 Å². The molecule has 0 aliphatic carbocycles. The van der Waals surface area contributed by atoms with Gasteiger partial charge in [-0.1, -0.05) is 17.7 Å². The fourth-order valence-electron chi connectivity index (χ4n) is 2.09. The lowest BCUT2D eigenvalue weighted by atomic mass is 10.1. The van der Waals surface area contributed by atoms with Crippen LogP contribution < -0.4 is 4.90 Å². The molecule has 20 heavy (non-hydrogen) atoms. The van der Waals surface area contributed by atoms with Crippen molar-refractivity contribution in [3.63, 3.8) is 0 Å². The third-order valence-electron chi connectivity index (χ3n) is 3.12. The largest absolute Gasteiger partial charge is 0.480 e. The molecule has 0 amide bonds. The number of aryl methyl sites for hydroxylation is 1. The molecule has 1 heterocycles. The number of aromatic nitrogens is 2. The third-order valence-corrected chi connectivity index (χ3v) is 3.36. The van der Waals surface area contributed by atoms with Gasteiger partial charge >= 0.3 is 5.97 Å². The number of carboxylic acid groups (broad SMARTS) is 1. The van der Waals surface area contributed by atoms with Gasteiger partial charge in [-0.25, -0.2) is 0 Å². The van der Waals surface area contributed by atoms with E-state index in [9.17, 15) is 4.79 Å². The van der Waals surface area contributed by atoms with E-state index >= 15 is 0 Å². The monoisotopic (exact) mass is 293 g/mol. The number of carbonyl (C=O) groups is 1. The van der Waals surface area contributed by atoms with Crippen LogP contribution in [0.3, 0.4) is 0 Å². The molecule has 1 atom stereocenters. The van der Waals surface area contributed by atoms with Crippen LogP contribution in [0.1, 0.15) is 18.5 Å². The van der Waals surface area contributed by atoms with Crippen LogP contribution >= 0.6 is 11.6 Å². The summed E-state index contributed by atoms with van der Waals surface area (Å²) < 4.78 is 1.70. The average molecular weight is 294 g/mol. The molecular weight excluding hydrogens is 278 g/mol. The van der Waals surface area contributed by atoms with E-state index in [1.165, 1.54) is 0 Å². The quantitative estimate of drug-likeness (QED) is 0.921. The zero-order valence-electron chi connectivity index (χ0n) is 11.3. The van der Waals surface area contributed by atoms with Crippen LogP contribution in [0.15, 0.2) is 36.7 Å². The second-order valence-corrected chi connectivity index (χ2v) is 5.06. The highest BCUT2D eigenvalue weighted by Gasteiger charge is 2.20. The van der Waals surface area contributed by atoms with Gasteiger partial charge in [-0.05, 0) is 25.1 Å². The van der Waals surface area contributed by atoms with Crippen molar-refractivity contribution in [3.05, 3.63) is 47.2 Å². The lowest BCUT2D eigenvalue weighted by Crippen LogP contribution is -2.32. The van der Waals surface area contributed by atoms with E-state index in [1.54, 1.807) is 27.9 Å². The Hall–Kier alpha value is -2.01. The molecule has 1 aromatic heterocycles. The van der Waals surface area contributed by atoms with E-state index in [0.29, 0.717) is 5.02 Å². The molecule has 0 radical (unpaired) electrons.